The van der Waals surface area contributed by atoms with Crippen LogP contribution in [0.15, 0.2) is 28.7 Å². The Bertz CT molecular complexity index is 674. The topological polar surface area (TPSA) is 59.7 Å². The van der Waals surface area contributed by atoms with Gasteiger partial charge < -0.3 is 14.3 Å². The van der Waals surface area contributed by atoms with Crippen molar-refractivity contribution in [3.05, 3.63) is 30.0 Å². The van der Waals surface area contributed by atoms with Crippen LogP contribution >= 0.6 is 0 Å². The predicted molar refractivity (Wildman–Crippen MR) is 110 cm³/mol. The molecule has 0 amide bonds. The van der Waals surface area contributed by atoms with Crippen LogP contribution < -0.4 is 4.74 Å². The molecule has 0 aliphatic heterocycles. The van der Waals surface area contributed by atoms with E-state index in [1.807, 2.05) is 12.1 Å². The fraction of sp³-hybridized carbons (Fsp3) is 0.609. The van der Waals surface area contributed by atoms with Gasteiger partial charge in [-0.25, -0.2) is 4.79 Å². The number of hydrogen-bond acceptors (Lipinski definition) is 3. The summed E-state index contributed by atoms with van der Waals surface area (Å²) >= 11 is 0. The third-order valence-corrected chi connectivity index (χ3v) is 4.97. The Morgan fingerprint density at radius 3 is 2.07 bits per heavy atom. The lowest BCUT2D eigenvalue weighted by Gasteiger charge is -2.06. The minimum Gasteiger partial charge on any atom is -0.493 e. The number of benzene rings is 1. The molecule has 1 N–H and O–H groups in total. The van der Waals surface area contributed by atoms with Crippen molar-refractivity contribution in [1.82, 2.24) is 0 Å². The zero-order valence-corrected chi connectivity index (χ0v) is 16.7. The van der Waals surface area contributed by atoms with Gasteiger partial charge in [-0.3, -0.25) is 0 Å². The Morgan fingerprint density at radius 1 is 0.889 bits per heavy atom. The lowest BCUT2D eigenvalue weighted by molar-refractivity contribution is 0.0665. The molecule has 0 saturated carbocycles. The van der Waals surface area contributed by atoms with Gasteiger partial charge in [0.1, 0.15) is 11.3 Å². The van der Waals surface area contributed by atoms with E-state index >= 15 is 0 Å². The first-order valence-electron chi connectivity index (χ1n) is 10.6. The SMILES string of the molecule is CCCCCCCCCCCCCCOc1ccc2cc(C(=O)O)oc2c1. The van der Waals surface area contributed by atoms with Crippen LogP contribution in [0.25, 0.3) is 11.0 Å². The molecule has 2 aromatic rings. The van der Waals surface area contributed by atoms with Gasteiger partial charge in [0, 0.05) is 11.5 Å². The highest BCUT2D eigenvalue weighted by Crippen LogP contribution is 2.24. The Balaban J connectivity index is 1.49. The van der Waals surface area contributed by atoms with Gasteiger partial charge in [-0.15, -0.1) is 0 Å². The Labute approximate surface area is 162 Å². The summed E-state index contributed by atoms with van der Waals surface area (Å²) in [4.78, 5) is 10.9. The average molecular weight is 375 g/mol. The molecule has 4 nitrogen and oxygen atoms in total. The monoisotopic (exact) mass is 374 g/mol. The second-order valence-corrected chi connectivity index (χ2v) is 7.35. The lowest BCUT2D eigenvalue weighted by atomic mass is 10.1. The van der Waals surface area contributed by atoms with Crippen molar-refractivity contribution < 1.29 is 19.1 Å². The number of rotatable bonds is 15. The number of furan rings is 1. The van der Waals surface area contributed by atoms with Crippen molar-refractivity contribution in [3.8, 4) is 5.75 Å². The van der Waals surface area contributed by atoms with Gasteiger partial charge in [0.05, 0.1) is 6.61 Å². The molecule has 0 unspecified atom stereocenters. The molecule has 0 fully saturated rings. The molecular weight excluding hydrogens is 340 g/mol. The van der Waals surface area contributed by atoms with E-state index in [4.69, 9.17) is 14.3 Å². The summed E-state index contributed by atoms with van der Waals surface area (Å²) in [6, 6.07) is 7.00. The highest BCUT2D eigenvalue weighted by molar-refractivity contribution is 5.91. The summed E-state index contributed by atoms with van der Waals surface area (Å²) in [5.41, 5.74) is 0.555. The predicted octanol–water partition coefficient (Wildman–Crippen LogP) is 7.21. The molecule has 0 atom stereocenters. The van der Waals surface area contributed by atoms with Gasteiger partial charge in [0.25, 0.3) is 0 Å². The average Bonchev–Trinajstić information content (AvgIpc) is 3.09. The standard InChI is InChI=1S/C23H34O4/c1-2-3-4-5-6-7-8-9-10-11-12-13-16-26-20-15-14-19-17-22(23(24)25)27-21(19)18-20/h14-15,17-18H,2-13,16H2,1H3,(H,24,25). The fourth-order valence-electron chi connectivity index (χ4n) is 3.34. The Morgan fingerprint density at radius 2 is 1.48 bits per heavy atom. The van der Waals surface area contributed by atoms with E-state index < -0.39 is 5.97 Å². The van der Waals surface area contributed by atoms with Gasteiger partial charge in [-0.1, -0.05) is 77.6 Å². The molecule has 27 heavy (non-hydrogen) atoms. The molecular formula is C23H34O4. The number of aromatic carboxylic acids is 1. The summed E-state index contributed by atoms with van der Waals surface area (Å²) < 4.78 is 11.1. The van der Waals surface area contributed by atoms with Crippen molar-refractivity contribution >= 4 is 16.9 Å². The maximum atomic E-state index is 10.9. The maximum Gasteiger partial charge on any atom is 0.371 e. The summed E-state index contributed by atoms with van der Waals surface area (Å²) in [5, 5.41) is 9.75. The normalized spacial score (nSPS) is 11.1. The molecule has 2 rings (SSSR count). The van der Waals surface area contributed by atoms with Crippen LogP contribution in [0.3, 0.4) is 0 Å². The fourth-order valence-corrected chi connectivity index (χ4v) is 3.34. The van der Waals surface area contributed by atoms with Crippen molar-refractivity contribution in [2.75, 3.05) is 6.61 Å². The highest BCUT2D eigenvalue weighted by atomic mass is 16.5. The molecule has 0 aliphatic carbocycles. The van der Waals surface area contributed by atoms with E-state index in [0.717, 1.165) is 17.6 Å². The first-order chi connectivity index (χ1) is 13.2. The lowest BCUT2D eigenvalue weighted by Crippen LogP contribution is -1.97. The van der Waals surface area contributed by atoms with Crippen LogP contribution in [0.2, 0.25) is 0 Å². The second kappa shape index (κ2) is 12.4. The highest BCUT2D eigenvalue weighted by Gasteiger charge is 2.10. The minimum atomic E-state index is -1.05. The van der Waals surface area contributed by atoms with Crippen LogP contribution in [0, 0.1) is 0 Å². The van der Waals surface area contributed by atoms with E-state index in [-0.39, 0.29) is 5.76 Å². The molecule has 0 aliphatic rings. The Hall–Kier alpha value is -1.97. The van der Waals surface area contributed by atoms with E-state index in [0.29, 0.717) is 12.2 Å². The summed E-state index contributed by atoms with van der Waals surface area (Å²) in [6.07, 6.45) is 15.9. The van der Waals surface area contributed by atoms with Crippen molar-refractivity contribution in [2.24, 2.45) is 0 Å². The number of carbonyl (C=O) groups is 1. The first-order valence-corrected chi connectivity index (χ1v) is 10.6. The van der Waals surface area contributed by atoms with E-state index in [1.165, 1.54) is 76.7 Å². The first kappa shape index (κ1) is 21.3. The van der Waals surface area contributed by atoms with Crippen LogP contribution in [-0.2, 0) is 0 Å². The van der Waals surface area contributed by atoms with Gasteiger partial charge in [0.2, 0.25) is 5.76 Å². The molecule has 0 bridgehead atoms. The molecule has 1 heterocycles. The van der Waals surface area contributed by atoms with Crippen LogP contribution in [0.1, 0.15) is 94.5 Å². The quantitative estimate of drug-likeness (QED) is 0.335. The summed E-state index contributed by atoms with van der Waals surface area (Å²) in [5.74, 6) is -0.356. The molecule has 0 saturated heterocycles. The zero-order chi connectivity index (χ0) is 19.3. The summed E-state index contributed by atoms with van der Waals surface area (Å²) in [7, 11) is 0. The third kappa shape index (κ3) is 8.06. The van der Waals surface area contributed by atoms with E-state index in [9.17, 15) is 4.79 Å². The molecule has 1 aromatic heterocycles. The largest absolute Gasteiger partial charge is 0.493 e. The van der Waals surface area contributed by atoms with Gasteiger partial charge in [-0.2, -0.15) is 0 Å². The van der Waals surface area contributed by atoms with Gasteiger partial charge in [-0.05, 0) is 24.6 Å². The third-order valence-electron chi connectivity index (χ3n) is 4.97. The smallest absolute Gasteiger partial charge is 0.371 e. The van der Waals surface area contributed by atoms with E-state index in [1.54, 1.807) is 6.07 Å². The van der Waals surface area contributed by atoms with Crippen molar-refractivity contribution in [1.29, 1.82) is 0 Å². The number of ether oxygens (including phenoxy) is 1. The van der Waals surface area contributed by atoms with Crippen LogP contribution in [0.5, 0.6) is 5.75 Å². The molecule has 150 valence electrons. The van der Waals surface area contributed by atoms with Gasteiger partial charge >= 0.3 is 5.97 Å². The molecule has 0 radical (unpaired) electrons. The number of fused-ring (bicyclic) bond motifs is 1. The number of carboxylic acid groups (broad SMARTS) is 1. The van der Waals surface area contributed by atoms with Crippen LogP contribution in [-0.4, -0.2) is 17.7 Å². The zero-order valence-electron chi connectivity index (χ0n) is 16.7. The number of unbranched alkanes of at least 4 members (excludes halogenated alkanes) is 11. The molecule has 0 spiro atoms. The van der Waals surface area contributed by atoms with Crippen LogP contribution in [0.4, 0.5) is 0 Å². The van der Waals surface area contributed by atoms with Crippen molar-refractivity contribution in [2.45, 2.75) is 84.0 Å². The summed E-state index contributed by atoms with van der Waals surface area (Å²) in [6.45, 7) is 2.95. The Kier molecular flexibility index (Phi) is 9.81. The molecule has 4 heteroatoms. The number of carboxylic acids is 1. The van der Waals surface area contributed by atoms with Crippen molar-refractivity contribution in [3.63, 3.8) is 0 Å². The minimum absolute atomic E-state index is 0.0388. The molecule has 1 aromatic carbocycles. The maximum absolute atomic E-state index is 10.9. The second-order valence-electron chi connectivity index (χ2n) is 7.35. The number of hydrogen-bond donors (Lipinski definition) is 1. The van der Waals surface area contributed by atoms with Gasteiger partial charge in [0.15, 0.2) is 0 Å². The van der Waals surface area contributed by atoms with E-state index in [2.05, 4.69) is 6.92 Å².